The number of hydrogen-bond acceptors (Lipinski definition) is 5. The van der Waals surface area contributed by atoms with Crippen LogP contribution in [0, 0.1) is 0 Å². The Morgan fingerprint density at radius 1 is 1.35 bits per heavy atom. The lowest BCUT2D eigenvalue weighted by Gasteiger charge is -2.24. The minimum Gasteiger partial charge on any atom is -0.493 e. The second-order valence-electron chi connectivity index (χ2n) is 4.58. The topological polar surface area (TPSA) is 76.0 Å². The van der Waals surface area contributed by atoms with Gasteiger partial charge in [0.2, 0.25) is 0 Å². The van der Waals surface area contributed by atoms with Crippen LogP contribution in [0.2, 0.25) is 0 Å². The molecule has 1 aliphatic rings. The molecule has 0 spiro atoms. The van der Waals surface area contributed by atoms with Crippen molar-refractivity contribution in [3.63, 3.8) is 0 Å². The number of benzene rings is 1. The van der Waals surface area contributed by atoms with Gasteiger partial charge in [-0.25, -0.2) is 4.79 Å². The third kappa shape index (κ3) is 3.58. The maximum Gasteiger partial charge on any atom is 0.337 e. The van der Waals surface area contributed by atoms with Crippen LogP contribution in [0.4, 0.5) is 0 Å². The second kappa shape index (κ2) is 6.85. The van der Waals surface area contributed by atoms with Crippen LogP contribution in [0.25, 0.3) is 0 Å². The monoisotopic (exact) mass is 298 g/mol. The molecule has 1 saturated heterocycles. The highest BCUT2D eigenvalue weighted by Crippen LogP contribution is 2.33. The van der Waals surface area contributed by atoms with E-state index in [2.05, 4.69) is 0 Å². The molecule has 1 unspecified atom stereocenters. The molecule has 2 rings (SSSR count). The van der Waals surface area contributed by atoms with Gasteiger partial charge in [0, 0.05) is 0 Å². The number of aliphatic hydroxyl groups is 1. The standard InChI is InChI=1S/C14H18O5S/c1-18-11-3-2-9(13(15)14(16)17)8-12(11)19-10-4-6-20-7-5-10/h2-3,8,10,13,15H,4-7H2,1H3,(H,16,17). The van der Waals surface area contributed by atoms with E-state index in [-0.39, 0.29) is 6.10 Å². The number of aliphatic hydroxyl groups excluding tert-OH is 1. The first-order valence-electron chi connectivity index (χ1n) is 6.45. The summed E-state index contributed by atoms with van der Waals surface area (Å²) in [6, 6.07) is 4.69. The zero-order chi connectivity index (χ0) is 14.5. The molecule has 110 valence electrons. The molecule has 1 fully saturated rings. The highest BCUT2D eigenvalue weighted by Gasteiger charge is 2.21. The molecule has 0 radical (unpaired) electrons. The number of ether oxygens (including phenoxy) is 2. The normalized spacial score (nSPS) is 17.5. The Balaban J connectivity index is 2.19. The van der Waals surface area contributed by atoms with E-state index in [1.54, 1.807) is 12.1 Å². The van der Waals surface area contributed by atoms with Gasteiger partial charge in [0.25, 0.3) is 0 Å². The average molecular weight is 298 g/mol. The maximum atomic E-state index is 10.8. The molecule has 0 aromatic heterocycles. The second-order valence-corrected chi connectivity index (χ2v) is 5.81. The molecule has 1 aromatic carbocycles. The Morgan fingerprint density at radius 2 is 2.05 bits per heavy atom. The summed E-state index contributed by atoms with van der Waals surface area (Å²) >= 11 is 1.90. The van der Waals surface area contributed by atoms with Crippen LogP contribution in [0.15, 0.2) is 18.2 Å². The molecule has 0 saturated carbocycles. The van der Waals surface area contributed by atoms with Gasteiger partial charge in [-0.2, -0.15) is 11.8 Å². The van der Waals surface area contributed by atoms with Crippen LogP contribution in [0.5, 0.6) is 11.5 Å². The Bertz CT molecular complexity index is 471. The smallest absolute Gasteiger partial charge is 0.337 e. The van der Waals surface area contributed by atoms with Crippen molar-refractivity contribution in [3.05, 3.63) is 23.8 Å². The fourth-order valence-electron chi connectivity index (χ4n) is 2.07. The number of aliphatic carboxylic acids is 1. The van der Waals surface area contributed by atoms with Crippen LogP contribution < -0.4 is 9.47 Å². The third-order valence-corrected chi connectivity index (χ3v) is 4.25. The van der Waals surface area contributed by atoms with Crippen molar-refractivity contribution in [1.29, 1.82) is 0 Å². The lowest BCUT2D eigenvalue weighted by Crippen LogP contribution is -2.22. The van der Waals surface area contributed by atoms with Crippen molar-refractivity contribution in [1.82, 2.24) is 0 Å². The summed E-state index contributed by atoms with van der Waals surface area (Å²) in [5.41, 5.74) is 0.290. The van der Waals surface area contributed by atoms with Gasteiger partial charge >= 0.3 is 5.97 Å². The molecule has 0 amide bonds. The molecule has 0 bridgehead atoms. The highest BCUT2D eigenvalue weighted by molar-refractivity contribution is 7.99. The summed E-state index contributed by atoms with van der Waals surface area (Å²) < 4.78 is 11.1. The number of carbonyl (C=O) groups is 1. The third-order valence-electron chi connectivity index (χ3n) is 3.20. The molecule has 1 aromatic rings. The number of hydrogen-bond donors (Lipinski definition) is 2. The molecule has 0 aliphatic carbocycles. The molecule has 5 nitrogen and oxygen atoms in total. The summed E-state index contributed by atoms with van der Waals surface area (Å²) in [5, 5.41) is 18.4. The van der Waals surface area contributed by atoms with Crippen LogP contribution in [-0.4, -0.2) is 40.9 Å². The SMILES string of the molecule is COc1ccc(C(O)C(=O)O)cc1OC1CCSCC1. The lowest BCUT2D eigenvalue weighted by molar-refractivity contribution is -0.146. The number of carboxylic acids is 1. The fraction of sp³-hybridized carbons (Fsp3) is 0.500. The molecule has 1 aliphatic heterocycles. The van der Waals surface area contributed by atoms with Gasteiger partial charge in [-0.15, -0.1) is 0 Å². The summed E-state index contributed by atoms with van der Waals surface area (Å²) in [6.45, 7) is 0. The van der Waals surface area contributed by atoms with Gasteiger partial charge in [0.1, 0.15) is 6.10 Å². The summed E-state index contributed by atoms with van der Waals surface area (Å²) in [5.74, 6) is 1.87. The maximum absolute atomic E-state index is 10.8. The predicted octanol–water partition coefficient (Wildman–Crippen LogP) is 2.09. The zero-order valence-corrected chi connectivity index (χ0v) is 12.1. The van der Waals surface area contributed by atoms with Crippen LogP contribution in [0.1, 0.15) is 24.5 Å². The van der Waals surface area contributed by atoms with E-state index >= 15 is 0 Å². The van der Waals surface area contributed by atoms with Crippen molar-refractivity contribution in [2.24, 2.45) is 0 Å². The van der Waals surface area contributed by atoms with Gasteiger partial charge in [-0.1, -0.05) is 6.07 Å². The number of thioether (sulfide) groups is 1. The minimum absolute atomic E-state index is 0.113. The van der Waals surface area contributed by atoms with E-state index < -0.39 is 12.1 Å². The summed E-state index contributed by atoms with van der Waals surface area (Å²) in [4.78, 5) is 10.8. The van der Waals surface area contributed by atoms with E-state index in [1.165, 1.54) is 13.2 Å². The average Bonchev–Trinajstić information content (AvgIpc) is 2.47. The lowest BCUT2D eigenvalue weighted by atomic mass is 10.1. The molecule has 1 heterocycles. The van der Waals surface area contributed by atoms with Gasteiger partial charge in [0.05, 0.1) is 7.11 Å². The first-order chi connectivity index (χ1) is 9.61. The minimum atomic E-state index is -1.55. The van der Waals surface area contributed by atoms with Crippen LogP contribution in [-0.2, 0) is 4.79 Å². The summed E-state index contributed by atoms with van der Waals surface area (Å²) in [7, 11) is 1.53. The van der Waals surface area contributed by atoms with Crippen molar-refractivity contribution in [2.75, 3.05) is 18.6 Å². The molecular formula is C14H18O5S. The highest BCUT2D eigenvalue weighted by atomic mass is 32.2. The Hall–Kier alpha value is -1.40. The van der Waals surface area contributed by atoms with Crippen molar-refractivity contribution in [2.45, 2.75) is 25.0 Å². The number of methoxy groups -OCH3 is 1. The molecule has 2 N–H and O–H groups in total. The van der Waals surface area contributed by atoms with Crippen LogP contribution >= 0.6 is 11.8 Å². The predicted molar refractivity (Wildman–Crippen MR) is 76.6 cm³/mol. The Kier molecular flexibility index (Phi) is 5.14. The largest absolute Gasteiger partial charge is 0.493 e. The van der Waals surface area contributed by atoms with Crippen molar-refractivity contribution >= 4 is 17.7 Å². The van der Waals surface area contributed by atoms with Gasteiger partial charge in [-0.05, 0) is 42.0 Å². The number of rotatable bonds is 5. The van der Waals surface area contributed by atoms with E-state index in [0.29, 0.717) is 17.1 Å². The summed E-state index contributed by atoms with van der Waals surface area (Å²) in [6.07, 6.45) is 0.478. The van der Waals surface area contributed by atoms with E-state index in [9.17, 15) is 9.90 Å². The fourth-order valence-corrected chi connectivity index (χ4v) is 3.13. The first-order valence-corrected chi connectivity index (χ1v) is 7.60. The Morgan fingerprint density at radius 3 is 2.65 bits per heavy atom. The Labute approximate surface area is 121 Å². The zero-order valence-electron chi connectivity index (χ0n) is 11.2. The molecular weight excluding hydrogens is 280 g/mol. The van der Waals surface area contributed by atoms with Gasteiger partial charge in [-0.3, -0.25) is 0 Å². The van der Waals surface area contributed by atoms with Crippen molar-refractivity contribution in [3.8, 4) is 11.5 Å². The molecule has 20 heavy (non-hydrogen) atoms. The molecule has 1 atom stereocenters. The molecule has 6 heteroatoms. The van der Waals surface area contributed by atoms with E-state index in [0.717, 1.165) is 24.3 Å². The van der Waals surface area contributed by atoms with Gasteiger partial charge in [0.15, 0.2) is 17.6 Å². The van der Waals surface area contributed by atoms with Crippen LogP contribution in [0.3, 0.4) is 0 Å². The van der Waals surface area contributed by atoms with E-state index in [4.69, 9.17) is 14.6 Å². The van der Waals surface area contributed by atoms with Crippen molar-refractivity contribution < 1.29 is 24.5 Å². The first kappa shape index (κ1) is 15.0. The van der Waals surface area contributed by atoms with E-state index in [1.807, 2.05) is 11.8 Å². The van der Waals surface area contributed by atoms with Gasteiger partial charge < -0.3 is 19.7 Å². The number of carboxylic acid groups (broad SMARTS) is 1. The quantitative estimate of drug-likeness (QED) is 0.867.